The van der Waals surface area contributed by atoms with Crippen LogP contribution in [0.25, 0.3) is 0 Å². The number of nitrogens with zero attached hydrogens (tertiary/aromatic N) is 2. The van der Waals surface area contributed by atoms with Crippen molar-refractivity contribution in [3.8, 4) is 6.07 Å². The SMILES string of the molecule is CCC(CO)NC(=O)c1ccc(C#N)cn1. The molecular weight excluding hydrogens is 206 g/mol. The van der Waals surface area contributed by atoms with Crippen LogP contribution in [0.2, 0.25) is 0 Å². The molecule has 0 fully saturated rings. The molecule has 1 atom stereocenters. The van der Waals surface area contributed by atoms with Crippen molar-refractivity contribution in [1.82, 2.24) is 10.3 Å². The number of hydrogen-bond donors (Lipinski definition) is 2. The van der Waals surface area contributed by atoms with Gasteiger partial charge in [-0.2, -0.15) is 5.26 Å². The highest BCUT2D eigenvalue weighted by atomic mass is 16.3. The van der Waals surface area contributed by atoms with Crippen LogP contribution in [0, 0.1) is 11.3 Å². The van der Waals surface area contributed by atoms with Gasteiger partial charge in [0.1, 0.15) is 11.8 Å². The van der Waals surface area contributed by atoms with Crippen molar-refractivity contribution >= 4 is 5.91 Å². The number of hydrogen-bond acceptors (Lipinski definition) is 4. The fourth-order valence-corrected chi connectivity index (χ4v) is 1.13. The average molecular weight is 219 g/mol. The van der Waals surface area contributed by atoms with E-state index in [0.29, 0.717) is 12.0 Å². The second-order valence-electron chi connectivity index (χ2n) is 3.31. The van der Waals surface area contributed by atoms with Crippen molar-refractivity contribution in [3.63, 3.8) is 0 Å². The number of nitriles is 1. The van der Waals surface area contributed by atoms with Crippen molar-refractivity contribution in [3.05, 3.63) is 29.6 Å². The first-order valence-electron chi connectivity index (χ1n) is 4.99. The fourth-order valence-electron chi connectivity index (χ4n) is 1.13. The molecule has 1 aromatic heterocycles. The Kier molecular flexibility index (Phi) is 4.42. The van der Waals surface area contributed by atoms with Crippen LogP contribution < -0.4 is 5.32 Å². The summed E-state index contributed by atoms with van der Waals surface area (Å²) in [6.07, 6.45) is 1.99. The highest BCUT2D eigenvalue weighted by molar-refractivity contribution is 5.92. The minimum Gasteiger partial charge on any atom is -0.394 e. The Balaban J connectivity index is 2.70. The third kappa shape index (κ3) is 3.04. The second kappa shape index (κ2) is 5.83. The first-order chi connectivity index (χ1) is 7.71. The number of carbonyl (C=O) groups excluding carboxylic acids is 1. The third-order valence-electron chi connectivity index (χ3n) is 2.17. The van der Waals surface area contributed by atoms with Gasteiger partial charge in [-0.3, -0.25) is 4.79 Å². The molecule has 1 amide bonds. The number of rotatable bonds is 4. The van der Waals surface area contributed by atoms with E-state index >= 15 is 0 Å². The van der Waals surface area contributed by atoms with E-state index in [0.717, 1.165) is 0 Å². The van der Waals surface area contributed by atoms with Gasteiger partial charge in [0, 0.05) is 6.20 Å². The van der Waals surface area contributed by atoms with Crippen LogP contribution >= 0.6 is 0 Å². The van der Waals surface area contributed by atoms with Gasteiger partial charge >= 0.3 is 0 Å². The molecule has 5 heteroatoms. The van der Waals surface area contributed by atoms with Crippen molar-refractivity contribution in [2.24, 2.45) is 0 Å². The summed E-state index contributed by atoms with van der Waals surface area (Å²) < 4.78 is 0. The summed E-state index contributed by atoms with van der Waals surface area (Å²) in [6, 6.07) is 4.68. The van der Waals surface area contributed by atoms with E-state index in [1.165, 1.54) is 18.3 Å². The molecule has 2 N–H and O–H groups in total. The van der Waals surface area contributed by atoms with Crippen LogP contribution in [0.15, 0.2) is 18.3 Å². The molecule has 0 saturated heterocycles. The lowest BCUT2D eigenvalue weighted by molar-refractivity contribution is 0.0910. The maximum Gasteiger partial charge on any atom is 0.270 e. The number of pyridine rings is 1. The monoisotopic (exact) mass is 219 g/mol. The summed E-state index contributed by atoms with van der Waals surface area (Å²) in [7, 11) is 0. The first-order valence-corrected chi connectivity index (χ1v) is 4.99. The number of carbonyl (C=O) groups is 1. The van der Waals surface area contributed by atoms with Crippen molar-refractivity contribution in [2.45, 2.75) is 19.4 Å². The van der Waals surface area contributed by atoms with Gasteiger partial charge in [0.05, 0.1) is 18.2 Å². The van der Waals surface area contributed by atoms with E-state index in [1.54, 1.807) is 0 Å². The molecule has 0 aromatic carbocycles. The third-order valence-corrected chi connectivity index (χ3v) is 2.17. The molecule has 0 aliphatic rings. The highest BCUT2D eigenvalue weighted by Crippen LogP contribution is 2.00. The number of amides is 1. The molecule has 0 aliphatic carbocycles. The van der Waals surface area contributed by atoms with E-state index in [1.807, 2.05) is 13.0 Å². The first kappa shape index (κ1) is 12.1. The summed E-state index contributed by atoms with van der Waals surface area (Å²) in [5, 5.41) is 20.1. The summed E-state index contributed by atoms with van der Waals surface area (Å²) in [5.74, 6) is -0.342. The predicted octanol–water partition coefficient (Wildman–Crippen LogP) is 0.454. The van der Waals surface area contributed by atoms with Gasteiger partial charge in [0.2, 0.25) is 0 Å². The molecule has 0 aliphatic heterocycles. The molecule has 84 valence electrons. The minimum atomic E-state index is -0.342. The zero-order valence-corrected chi connectivity index (χ0v) is 8.97. The maximum absolute atomic E-state index is 11.6. The molecule has 5 nitrogen and oxygen atoms in total. The molecule has 1 heterocycles. The highest BCUT2D eigenvalue weighted by Gasteiger charge is 2.11. The van der Waals surface area contributed by atoms with Gasteiger partial charge < -0.3 is 10.4 Å². The molecule has 0 bridgehead atoms. The van der Waals surface area contributed by atoms with E-state index in [-0.39, 0.29) is 24.2 Å². The van der Waals surface area contributed by atoms with Crippen LogP contribution in [-0.4, -0.2) is 28.6 Å². The van der Waals surface area contributed by atoms with Gasteiger partial charge in [-0.1, -0.05) is 6.92 Å². The lowest BCUT2D eigenvalue weighted by Crippen LogP contribution is -2.37. The zero-order valence-electron chi connectivity index (χ0n) is 8.97. The van der Waals surface area contributed by atoms with Crippen molar-refractivity contribution in [1.29, 1.82) is 5.26 Å². The number of aliphatic hydroxyl groups excluding tert-OH is 1. The Morgan fingerprint density at radius 3 is 2.88 bits per heavy atom. The van der Waals surface area contributed by atoms with Gasteiger partial charge in [-0.05, 0) is 18.6 Å². The molecule has 1 aromatic rings. The van der Waals surface area contributed by atoms with Crippen LogP contribution in [-0.2, 0) is 0 Å². The zero-order chi connectivity index (χ0) is 12.0. The topological polar surface area (TPSA) is 86.0 Å². The van der Waals surface area contributed by atoms with Crippen LogP contribution in [0.1, 0.15) is 29.4 Å². The van der Waals surface area contributed by atoms with E-state index in [2.05, 4.69) is 10.3 Å². The van der Waals surface area contributed by atoms with Crippen LogP contribution in [0.4, 0.5) is 0 Å². The molecule has 1 unspecified atom stereocenters. The number of nitrogens with one attached hydrogen (secondary N) is 1. The quantitative estimate of drug-likeness (QED) is 0.770. The molecule has 0 saturated carbocycles. The maximum atomic E-state index is 11.6. The Morgan fingerprint density at radius 2 is 2.44 bits per heavy atom. The molecule has 0 spiro atoms. The molecule has 1 rings (SSSR count). The average Bonchev–Trinajstić information content (AvgIpc) is 2.35. The Morgan fingerprint density at radius 1 is 1.69 bits per heavy atom. The van der Waals surface area contributed by atoms with Gasteiger partial charge in [-0.15, -0.1) is 0 Å². The lowest BCUT2D eigenvalue weighted by atomic mass is 10.2. The molecule has 16 heavy (non-hydrogen) atoms. The van der Waals surface area contributed by atoms with E-state index in [4.69, 9.17) is 10.4 Å². The number of aliphatic hydroxyl groups is 1. The summed E-state index contributed by atoms with van der Waals surface area (Å²) in [6.45, 7) is 1.77. The smallest absolute Gasteiger partial charge is 0.270 e. The van der Waals surface area contributed by atoms with Crippen LogP contribution in [0.5, 0.6) is 0 Å². The van der Waals surface area contributed by atoms with Gasteiger partial charge in [0.15, 0.2) is 0 Å². The summed E-state index contributed by atoms with van der Waals surface area (Å²) >= 11 is 0. The summed E-state index contributed by atoms with van der Waals surface area (Å²) in [5.41, 5.74) is 0.650. The predicted molar refractivity (Wildman–Crippen MR) is 57.6 cm³/mol. The van der Waals surface area contributed by atoms with Crippen molar-refractivity contribution < 1.29 is 9.90 Å². The van der Waals surface area contributed by atoms with E-state index in [9.17, 15) is 4.79 Å². The number of aromatic nitrogens is 1. The normalized spacial score (nSPS) is 11.6. The lowest BCUT2D eigenvalue weighted by Gasteiger charge is -2.13. The minimum absolute atomic E-state index is 0.0987. The molecule has 0 radical (unpaired) electrons. The standard InChI is InChI=1S/C11H13N3O2/c1-2-9(7-15)14-11(16)10-4-3-8(5-12)6-13-10/h3-4,6,9,15H,2,7H2,1H3,(H,14,16). The van der Waals surface area contributed by atoms with Gasteiger partial charge in [-0.25, -0.2) is 4.98 Å². The van der Waals surface area contributed by atoms with E-state index < -0.39 is 0 Å². The second-order valence-corrected chi connectivity index (χ2v) is 3.31. The van der Waals surface area contributed by atoms with Crippen LogP contribution in [0.3, 0.4) is 0 Å². The fraction of sp³-hybridized carbons (Fsp3) is 0.364. The van der Waals surface area contributed by atoms with Crippen molar-refractivity contribution in [2.75, 3.05) is 6.61 Å². The molecular formula is C11H13N3O2. The van der Waals surface area contributed by atoms with Gasteiger partial charge in [0.25, 0.3) is 5.91 Å². The Labute approximate surface area is 93.7 Å². The largest absolute Gasteiger partial charge is 0.394 e. The summed E-state index contributed by atoms with van der Waals surface area (Å²) in [4.78, 5) is 15.5. The Bertz CT molecular complexity index is 391. The Hall–Kier alpha value is -1.93.